The Morgan fingerprint density at radius 2 is 1.83 bits per heavy atom. The highest BCUT2D eigenvalue weighted by Crippen LogP contribution is 2.38. The average Bonchev–Trinajstić information content (AvgIpc) is 3.26. The summed E-state index contributed by atoms with van der Waals surface area (Å²) in [6.07, 6.45) is 5.52. The highest BCUT2D eigenvalue weighted by Gasteiger charge is 2.18. The number of hydrogen-bond acceptors (Lipinski definition) is 4. The molecule has 0 aliphatic carbocycles. The van der Waals surface area contributed by atoms with Crippen LogP contribution in [-0.2, 0) is 4.79 Å². The first-order valence-electron chi connectivity index (χ1n) is 9.73. The molecule has 0 spiro atoms. The molecule has 0 fully saturated rings. The van der Waals surface area contributed by atoms with Crippen LogP contribution in [0.2, 0.25) is 0 Å². The van der Waals surface area contributed by atoms with Crippen molar-refractivity contribution in [1.82, 2.24) is 15.2 Å². The Hall–Kier alpha value is -3.99. The lowest BCUT2D eigenvalue weighted by Gasteiger charge is -2.18. The molecule has 2 heterocycles. The van der Waals surface area contributed by atoms with Gasteiger partial charge in [0.1, 0.15) is 5.75 Å². The van der Waals surface area contributed by atoms with Crippen LogP contribution in [0.25, 0.3) is 22.2 Å². The number of nitrogens with one attached hydrogen (secondary N) is 1. The van der Waals surface area contributed by atoms with E-state index in [4.69, 9.17) is 4.74 Å². The summed E-state index contributed by atoms with van der Waals surface area (Å²) in [6.45, 7) is 5.63. The van der Waals surface area contributed by atoms with Gasteiger partial charge in [-0.3, -0.25) is 5.10 Å². The van der Waals surface area contributed by atoms with Crippen molar-refractivity contribution < 1.29 is 9.53 Å². The molecule has 0 bridgehead atoms. The standard InChI is InChI=1S/C25H21N3O2/c1-3-20(17-10-6-5-7-11-17)24(18-14-19-16-27-28-25(19)26-15-18)21-12-8-9-13-22(21)30-23(29)4-2/h4-16H,2-3H2,1H3,(H,26,27,28)/b24-20+. The van der Waals surface area contributed by atoms with Crippen LogP contribution in [0.1, 0.15) is 30.0 Å². The fourth-order valence-electron chi connectivity index (χ4n) is 3.54. The van der Waals surface area contributed by atoms with Gasteiger partial charge in [0.2, 0.25) is 0 Å². The zero-order valence-electron chi connectivity index (χ0n) is 16.6. The van der Waals surface area contributed by atoms with Gasteiger partial charge in [0.25, 0.3) is 0 Å². The van der Waals surface area contributed by atoms with Gasteiger partial charge in [-0.2, -0.15) is 5.10 Å². The lowest BCUT2D eigenvalue weighted by atomic mass is 9.88. The van der Waals surface area contributed by atoms with Crippen LogP contribution in [0.4, 0.5) is 0 Å². The first-order valence-corrected chi connectivity index (χ1v) is 9.73. The summed E-state index contributed by atoms with van der Waals surface area (Å²) in [7, 11) is 0. The second kappa shape index (κ2) is 8.57. The van der Waals surface area contributed by atoms with E-state index in [0.29, 0.717) is 5.75 Å². The van der Waals surface area contributed by atoms with Crippen molar-refractivity contribution in [3.8, 4) is 5.75 Å². The predicted octanol–water partition coefficient (Wildman–Crippen LogP) is 5.42. The normalized spacial score (nSPS) is 11.8. The fraction of sp³-hybridized carbons (Fsp3) is 0.0800. The lowest BCUT2D eigenvalue weighted by Crippen LogP contribution is -2.06. The van der Waals surface area contributed by atoms with Crippen LogP contribution in [0.3, 0.4) is 0 Å². The minimum Gasteiger partial charge on any atom is -0.423 e. The number of carbonyl (C=O) groups is 1. The van der Waals surface area contributed by atoms with Crippen LogP contribution in [-0.4, -0.2) is 21.2 Å². The molecule has 0 atom stereocenters. The number of esters is 1. The summed E-state index contributed by atoms with van der Waals surface area (Å²) >= 11 is 0. The fourth-order valence-corrected chi connectivity index (χ4v) is 3.54. The second-order valence-corrected chi connectivity index (χ2v) is 6.73. The number of benzene rings is 2. The lowest BCUT2D eigenvalue weighted by molar-refractivity contribution is -0.128. The highest BCUT2D eigenvalue weighted by atomic mass is 16.5. The number of pyridine rings is 1. The molecule has 0 saturated heterocycles. The van der Waals surface area contributed by atoms with Crippen molar-refractivity contribution in [3.05, 3.63) is 102 Å². The minimum atomic E-state index is -0.497. The van der Waals surface area contributed by atoms with E-state index in [0.717, 1.165) is 51.4 Å². The number of aromatic amines is 1. The van der Waals surface area contributed by atoms with E-state index in [1.54, 1.807) is 12.3 Å². The number of aromatic nitrogens is 3. The van der Waals surface area contributed by atoms with Gasteiger partial charge in [-0.1, -0.05) is 62.0 Å². The topological polar surface area (TPSA) is 67.9 Å². The maximum absolute atomic E-state index is 12.0. The van der Waals surface area contributed by atoms with Crippen molar-refractivity contribution in [2.45, 2.75) is 13.3 Å². The Morgan fingerprint density at radius 1 is 1.07 bits per heavy atom. The Kier molecular flexibility index (Phi) is 5.52. The van der Waals surface area contributed by atoms with E-state index in [-0.39, 0.29) is 0 Å². The summed E-state index contributed by atoms with van der Waals surface area (Å²) in [5.74, 6) is -0.0189. The predicted molar refractivity (Wildman–Crippen MR) is 119 cm³/mol. The van der Waals surface area contributed by atoms with Crippen LogP contribution in [0.15, 0.2) is 85.7 Å². The number of ether oxygens (including phenoxy) is 1. The molecule has 4 aromatic rings. The van der Waals surface area contributed by atoms with Crippen molar-refractivity contribution in [2.24, 2.45) is 0 Å². The highest BCUT2D eigenvalue weighted by molar-refractivity contribution is 6.01. The molecule has 2 aromatic heterocycles. The van der Waals surface area contributed by atoms with Crippen LogP contribution < -0.4 is 4.74 Å². The SMILES string of the molecule is C=CC(=O)Oc1ccccc1/C(=C(\CC)c1ccccc1)c1cnc2[nH]ncc2c1. The van der Waals surface area contributed by atoms with Crippen molar-refractivity contribution in [3.63, 3.8) is 0 Å². The second-order valence-electron chi connectivity index (χ2n) is 6.73. The molecule has 0 radical (unpaired) electrons. The summed E-state index contributed by atoms with van der Waals surface area (Å²) in [5, 5.41) is 7.88. The van der Waals surface area contributed by atoms with Gasteiger partial charge in [0.05, 0.1) is 6.20 Å². The Bertz CT molecular complexity index is 1240. The van der Waals surface area contributed by atoms with Gasteiger partial charge in [-0.05, 0) is 35.3 Å². The molecule has 5 heteroatoms. The van der Waals surface area contributed by atoms with Crippen molar-refractivity contribution >= 4 is 28.1 Å². The third-order valence-corrected chi connectivity index (χ3v) is 4.89. The van der Waals surface area contributed by atoms with Gasteiger partial charge in [-0.15, -0.1) is 0 Å². The Morgan fingerprint density at radius 3 is 2.60 bits per heavy atom. The molecule has 0 amide bonds. The summed E-state index contributed by atoms with van der Waals surface area (Å²) in [4.78, 5) is 16.5. The Labute approximate surface area is 174 Å². The van der Waals surface area contributed by atoms with Gasteiger partial charge < -0.3 is 4.74 Å². The van der Waals surface area contributed by atoms with Crippen LogP contribution >= 0.6 is 0 Å². The first-order chi connectivity index (χ1) is 14.7. The number of H-pyrrole nitrogens is 1. The monoisotopic (exact) mass is 395 g/mol. The smallest absolute Gasteiger partial charge is 0.335 e. The third kappa shape index (κ3) is 3.78. The average molecular weight is 395 g/mol. The molecule has 2 aromatic carbocycles. The van der Waals surface area contributed by atoms with E-state index in [1.165, 1.54) is 0 Å². The summed E-state index contributed by atoms with van der Waals surface area (Å²) < 4.78 is 5.57. The van der Waals surface area contributed by atoms with E-state index in [2.05, 4.69) is 40.8 Å². The van der Waals surface area contributed by atoms with E-state index in [9.17, 15) is 4.79 Å². The van der Waals surface area contributed by atoms with Gasteiger partial charge in [0, 0.05) is 28.8 Å². The van der Waals surface area contributed by atoms with Crippen LogP contribution in [0, 0.1) is 0 Å². The number of para-hydroxylation sites is 1. The molecule has 0 aliphatic rings. The number of rotatable bonds is 6. The number of carbonyl (C=O) groups excluding carboxylic acids is 1. The molecule has 0 unspecified atom stereocenters. The van der Waals surface area contributed by atoms with E-state index < -0.39 is 5.97 Å². The third-order valence-electron chi connectivity index (χ3n) is 4.89. The first kappa shape index (κ1) is 19.3. The molecular weight excluding hydrogens is 374 g/mol. The van der Waals surface area contributed by atoms with Crippen LogP contribution in [0.5, 0.6) is 5.75 Å². The zero-order chi connectivity index (χ0) is 20.9. The number of nitrogens with zero attached hydrogens (tertiary/aromatic N) is 2. The zero-order valence-corrected chi connectivity index (χ0v) is 16.6. The maximum Gasteiger partial charge on any atom is 0.335 e. The maximum atomic E-state index is 12.0. The number of allylic oxidation sites excluding steroid dienone is 1. The minimum absolute atomic E-state index is 0.478. The number of fused-ring (bicyclic) bond motifs is 1. The molecule has 1 N–H and O–H groups in total. The molecule has 0 saturated carbocycles. The van der Waals surface area contributed by atoms with Gasteiger partial charge in [-0.25, -0.2) is 9.78 Å². The molecule has 5 nitrogen and oxygen atoms in total. The number of hydrogen-bond donors (Lipinski definition) is 1. The molecule has 30 heavy (non-hydrogen) atoms. The molecule has 4 rings (SSSR count). The Balaban J connectivity index is 2.01. The van der Waals surface area contributed by atoms with E-state index in [1.807, 2.05) is 48.7 Å². The quantitative estimate of drug-likeness (QED) is 0.205. The van der Waals surface area contributed by atoms with Crippen molar-refractivity contribution in [2.75, 3.05) is 0 Å². The summed E-state index contributed by atoms with van der Waals surface area (Å²) in [6, 6.07) is 19.8. The van der Waals surface area contributed by atoms with Crippen molar-refractivity contribution in [1.29, 1.82) is 0 Å². The van der Waals surface area contributed by atoms with E-state index >= 15 is 0 Å². The van der Waals surface area contributed by atoms with Gasteiger partial charge >= 0.3 is 5.97 Å². The van der Waals surface area contributed by atoms with Gasteiger partial charge in [0.15, 0.2) is 5.65 Å². The largest absolute Gasteiger partial charge is 0.423 e. The molecule has 148 valence electrons. The summed E-state index contributed by atoms with van der Waals surface area (Å²) in [5.41, 5.74) is 5.66. The molecule has 0 aliphatic heterocycles. The molecular formula is C25H21N3O2.